The van der Waals surface area contributed by atoms with Crippen LogP contribution in [-0.4, -0.2) is 6.47 Å². The Labute approximate surface area is 84.9 Å². The highest BCUT2D eigenvalue weighted by Gasteiger charge is 2.07. The lowest BCUT2D eigenvalue weighted by molar-refractivity contribution is -0.129. The molecule has 0 bridgehead atoms. The average molecular weight is 192 g/mol. The van der Waals surface area contributed by atoms with Gasteiger partial charge in [0.1, 0.15) is 6.61 Å². The van der Waals surface area contributed by atoms with Crippen LogP contribution < -0.4 is 0 Å². The van der Waals surface area contributed by atoms with Gasteiger partial charge in [-0.25, -0.2) is 0 Å². The molecule has 1 rings (SSSR count). The van der Waals surface area contributed by atoms with Gasteiger partial charge in [-0.2, -0.15) is 0 Å². The van der Waals surface area contributed by atoms with Crippen molar-refractivity contribution in [1.82, 2.24) is 0 Å². The second-order valence-corrected chi connectivity index (χ2v) is 3.42. The summed E-state index contributed by atoms with van der Waals surface area (Å²) in [6, 6.07) is 8.09. The Morgan fingerprint density at radius 3 is 2.79 bits per heavy atom. The van der Waals surface area contributed by atoms with Gasteiger partial charge < -0.3 is 4.74 Å². The highest BCUT2D eigenvalue weighted by molar-refractivity contribution is 5.38. The van der Waals surface area contributed by atoms with Crippen molar-refractivity contribution >= 4 is 6.47 Å². The molecule has 1 aromatic rings. The van der Waals surface area contributed by atoms with Gasteiger partial charge >= 0.3 is 0 Å². The van der Waals surface area contributed by atoms with Crippen LogP contribution in [0.5, 0.6) is 0 Å². The molecule has 0 spiro atoms. The van der Waals surface area contributed by atoms with E-state index < -0.39 is 0 Å². The van der Waals surface area contributed by atoms with Crippen LogP contribution in [0.4, 0.5) is 0 Å². The van der Waals surface area contributed by atoms with E-state index in [0.717, 1.165) is 12.0 Å². The Morgan fingerprint density at radius 1 is 1.43 bits per heavy atom. The smallest absolute Gasteiger partial charge is 0.293 e. The molecule has 0 saturated heterocycles. The van der Waals surface area contributed by atoms with Crippen molar-refractivity contribution in [1.29, 1.82) is 0 Å². The van der Waals surface area contributed by atoms with Crippen LogP contribution >= 0.6 is 0 Å². The summed E-state index contributed by atoms with van der Waals surface area (Å²) in [4.78, 5) is 10.1. The molecule has 2 heteroatoms. The first-order valence-electron chi connectivity index (χ1n) is 4.92. The maximum atomic E-state index is 10.1. The maximum absolute atomic E-state index is 10.1. The topological polar surface area (TPSA) is 26.3 Å². The Bertz CT molecular complexity index is 294. The van der Waals surface area contributed by atoms with Crippen molar-refractivity contribution in [3.05, 3.63) is 35.4 Å². The third kappa shape index (κ3) is 2.59. The van der Waals surface area contributed by atoms with Gasteiger partial charge in [0, 0.05) is 0 Å². The molecule has 1 atom stereocenters. The molecule has 0 heterocycles. The van der Waals surface area contributed by atoms with Crippen molar-refractivity contribution in [2.45, 2.75) is 32.8 Å². The van der Waals surface area contributed by atoms with E-state index in [2.05, 4.69) is 19.9 Å². The van der Waals surface area contributed by atoms with Gasteiger partial charge in [0.2, 0.25) is 0 Å². The first-order valence-corrected chi connectivity index (χ1v) is 4.92. The summed E-state index contributed by atoms with van der Waals surface area (Å²) in [6.07, 6.45) is 1.10. The summed E-state index contributed by atoms with van der Waals surface area (Å²) in [7, 11) is 0. The zero-order chi connectivity index (χ0) is 10.4. The van der Waals surface area contributed by atoms with Crippen LogP contribution in [0.1, 0.15) is 37.3 Å². The molecule has 0 saturated carbocycles. The Hall–Kier alpha value is -1.31. The molecule has 0 aliphatic rings. The fourth-order valence-electron chi connectivity index (χ4n) is 1.49. The third-order valence-corrected chi connectivity index (χ3v) is 2.51. The van der Waals surface area contributed by atoms with Crippen molar-refractivity contribution in [3.8, 4) is 0 Å². The molecule has 0 aliphatic carbocycles. The van der Waals surface area contributed by atoms with Gasteiger partial charge in [0.05, 0.1) is 0 Å². The van der Waals surface area contributed by atoms with Gasteiger partial charge in [-0.05, 0) is 23.5 Å². The lowest BCUT2D eigenvalue weighted by Gasteiger charge is -2.13. The zero-order valence-corrected chi connectivity index (χ0v) is 8.69. The summed E-state index contributed by atoms with van der Waals surface area (Å²) in [5.74, 6) is 0.515. The third-order valence-electron chi connectivity index (χ3n) is 2.51. The fourth-order valence-corrected chi connectivity index (χ4v) is 1.49. The summed E-state index contributed by atoms with van der Waals surface area (Å²) < 4.78 is 4.77. The number of hydrogen-bond donors (Lipinski definition) is 0. The predicted molar refractivity (Wildman–Crippen MR) is 56.0 cm³/mol. The van der Waals surface area contributed by atoms with Crippen LogP contribution in [0.15, 0.2) is 24.3 Å². The van der Waals surface area contributed by atoms with Crippen LogP contribution in [-0.2, 0) is 16.1 Å². The van der Waals surface area contributed by atoms with Crippen molar-refractivity contribution in [2.75, 3.05) is 0 Å². The van der Waals surface area contributed by atoms with E-state index in [9.17, 15) is 4.79 Å². The number of ether oxygens (including phenoxy) is 1. The molecule has 0 N–H and O–H groups in total. The molecule has 0 aromatic heterocycles. The van der Waals surface area contributed by atoms with Gasteiger partial charge in [-0.1, -0.05) is 38.1 Å². The number of carbonyl (C=O) groups excluding carboxylic acids is 1. The van der Waals surface area contributed by atoms with E-state index >= 15 is 0 Å². The first-order chi connectivity index (χ1) is 6.79. The first kappa shape index (κ1) is 10.8. The average Bonchev–Trinajstić information content (AvgIpc) is 2.25. The quantitative estimate of drug-likeness (QED) is 0.670. The molecular formula is C12H16O2. The van der Waals surface area contributed by atoms with Crippen molar-refractivity contribution in [2.24, 2.45) is 0 Å². The molecule has 1 unspecified atom stereocenters. The molecule has 14 heavy (non-hydrogen) atoms. The van der Waals surface area contributed by atoms with E-state index in [4.69, 9.17) is 4.74 Å². The minimum absolute atomic E-state index is 0.379. The molecule has 0 amide bonds. The van der Waals surface area contributed by atoms with Crippen LogP contribution in [0.25, 0.3) is 0 Å². The SMILES string of the molecule is CCC(C)c1ccccc1COC=O. The number of rotatable bonds is 5. The molecule has 2 nitrogen and oxygen atoms in total. The van der Waals surface area contributed by atoms with E-state index in [1.54, 1.807) is 0 Å². The Balaban J connectivity index is 2.84. The van der Waals surface area contributed by atoms with Gasteiger partial charge in [-0.3, -0.25) is 4.79 Å². The highest BCUT2D eigenvalue weighted by atomic mass is 16.5. The molecule has 0 fully saturated rings. The van der Waals surface area contributed by atoms with Gasteiger partial charge in [0.15, 0.2) is 0 Å². The fraction of sp³-hybridized carbons (Fsp3) is 0.417. The summed E-state index contributed by atoms with van der Waals surface area (Å²) >= 11 is 0. The Morgan fingerprint density at radius 2 is 2.14 bits per heavy atom. The largest absolute Gasteiger partial charge is 0.463 e. The standard InChI is InChI=1S/C12H16O2/c1-3-10(2)12-7-5-4-6-11(12)8-14-9-13/h4-7,9-10H,3,8H2,1-2H3. The molecule has 0 radical (unpaired) electrons. The molecule has 76 valence electrons. The Kier molecular flexibility index (Phi) is 4.17. The highest BCUT2D eigenvalue weighted by Crippen LogP contribution is 2.22. The second kappa shape index (κ2) is 5.43. The van der Waals surface area contributed by atoms with Crippen molar-refractivity contribution in [3.63, 3.8) is 0 Å². The van der Waals surface area contributed by atoms with E-state index in [1.807, 2.05) is 18.2 Å². The summed E-state index contributed by atoms with van der Waals surface area (Å²) in [5.41, 5.74) is 2.38. The second-order valence-electron chi connectivity index (χ2n) is 3.42. The van der Waals surface area contributed by atoms with Crippen LogP contribution in [0.2, 0.25) is 0 Å². The minimum atomic E-state index is 0.379. The predicted octanol–water partition coefficient (Wildman–Crippen LogP) is 2.87. The van der Waals surface area contributed by atoms with Crippen LogP contribution in [0.3, 0.4) is 0 Å². The number of carbonyl (C=O) groups is 1. The van der Waals surface area contributed by atoms with Gasteiger partial charge in [0.25, 0.3) is 6.47 Å². The lowest BCUT2D eigenvalue weighted by atomic mass is 9.94. The molecule has 1 aromatic carbocycles. The minimum Gasteiger partial charge on any atom is -0.463 e. The van der Waals surface area contributed by atoms with Gasteiger partial charge in [-0.15, -0.1) is 0 Å². The van der Waals surface area contributed by atoms with E-state index in [1.165, 1.54) is 5.56 Å². The van der Waals surface area contributed by atoms with Crippen molar-refractivity contribution < 1.29 is 9.53 Å². The molecular weight excluding hydrogens is 176 g/mol. The lowest BCUT2D eigenvalue weighted by Crippen LogP contribution is -2.00. The normalized spacial score (nSPS) is 12.1. The molecule has 0 aliphatic heterocycles. The van der Waals surface area contributed by atoms with Crippen LogP contribution in [0, 0.1) is 0 Å². The number of hydrogen-bond acceptors (Lipinski definition) is 2. The monoisotopic (exact) mass is 192 g/mol. The maximum Gasteiger partial charge on any atom is 0.293 e. The summed E-state index contributed by atoms with van der Waals surface area (Å²) in [5, 5.41) is 0. The zero-order valence-electron chi connectivity index (χ0n) is 8.69. The van der Waals surface area contributed by atoms with E-state index in [-0.39, 0.29) is 0 Å². The number of benzene rings is 1. The summed E-state index contributed by atoms with van der Waals surface area (Å²) in [6.45, 7) is 5.21. The van der Waals surface area contributed by atoms with E-state index in [0.29, 0.717) is 19.0 Å².